The van der Waals surface area contributed by atoms with Crippen LogP contribution in [0.25, 0.3) is 0 Å². The van der Waals surface area contributed by atoms with Crippen molar-refractivity contribution in [1.29, 1.82) is 0 Å². The van der Waals surface area contributed by atoms with Gasteiger partial charge in [-0.05, 0) is 74.6 Å². The smallest absolute Gasteiger partial charge is 0.0645 e. The lowest BCUT2D eigenvalue weighted by atomic mass is 9.82. The molecule has 0 saturated carbocycles. The Morgan fingerprint density at radius 2 is 0.808 bits per heavy atom. The average Bonchev–Trinajstić information content (AvgIpc) is 2.69. The fraction of sp³-hybridized carbons (Fsp3) is 0.750. The molecule has 26 heavy (non-hydrogen) atoms. The maximum atomic E-state index is 2.77. The van der Waals surface area contributed by atoms with Crippen LogP contribution in [-0.2, 0) is 25.7 Å². The largest absolute Gasteiger partial charge is 0.365 e. The van der Waals surface area contributed by atoms with Crippen LogP contribution < -0.4 is 9.80 Å². The first-order chi connectivity index (χ1) is 12.6. The zero-order valence-electron chi connectivity index (χ0n) is 18.7. The van der Waals surface area contributed by atoms with Crippen LogP contribution in [0.2, 0.25) is 0 Å². The molecular formula is C24H42N2. The van der Waals surface area contributed by atoms with Crippen molar-refractivity contribution >= 4 is 11.4 Å². The number of fused-ring (bicyclic) bond motifs is 1. The molecule has 1 aromatic rings. The Hall–Kier alpha value is -1.18. The summed E-state index contributed by atoms with van der Waals surface area (Å²) in [6.07, 6.45) is 7.05. The Bertz CT molecular complexity index is 552. The van der Waals surface area contributed by atoms with E-state index in [-0.39, 0.29) is 0 Å². The normalized spacial score (nSPS) is 19.8. The van der Waals surface area contributed by atoms with E-state index in [0.717, 1.165) is 38.8 Å². The van der Waals surface area contributed by atoms with Crippen LogP contribution >= 0.6 is 0 Å². The van der Waals surface area contributed by atoms with Gasteiger partial charge in [0.25, 0.3) is 0 Å². The first-order valence-corrected chi connectivity index (χ1v) is 11.3. The number of anilines is 2. The monoisotopic (exact) mass is 358 g/mol. The van der Waals surface area contributed by atoms with E-state index in [0.29, 0.717) is 12.1 Å². The molecule has 0 radical (unpaired) electrons. The number of hydrogen-bond donors (Lipinski definition) is 0. The minimum Gasteiger partial charge on any atom is -0.365 e. The van der Waals surface area contributed by atoms with Gasteiger partial charge < -0.3 is 9.80 Å². The fourth-order valence-corrected chi connectivity index (χ4v) is 5.69. The van der Waals surface area contributed by atoms with Gasteiger partial charge in [-0.1, -0.05) is 41.5 Å². The summed E-state index contributed by atoms with van der Waals surface area (Å²) in [5.41, 5.74) is 9.71. The van der Waals surface area contributed by atoms with Gasteiger partial charge >= 0.3 is 0 Å². The highest BCUT2D eigenvalue weighted by molar-refractivity contribution is 5.84. The molecule has 1 aromatic carbocycles. The van der Waals surface area contributed by atoms with E-state index in [1.54, 1.807) is 33.6 Å². The van der Waals surface area contributed by atoms with E-state index in [4.69, 9.17) is 0 Å². The SMILES string of the molecule is CCc1c(CC)c(CC)c2c(c1CC)N(CC)C(CC)C(CC)N2CC. The van der Waals surface area contributed by atoms with Gasteiger partial charge in [0.2, 0.25) is 0 Å². The van der Waals surface area contributed by atoms with Crippen LogP contribution in [0.15, 0.2) is 0 Å². The van der Waals surface area contributed by atoms with Gasteiger partial charge in [-0.2, -0.15) is 0 Å². The Morgan fingerprint density at radius 1 is 0.500 bits per heavy atom. The van der Waals surface area contributed by atoms with Crippen LogP contribution in [0.4, 0.5) is 11.4 Å². The molecule has 0 bridgehead atoms. The van der Waals surface area contributed by atoms with Crippen molar-refractivity contribution in [3.05, 3.63) is 22.3 Å². The lowest BCUT2D eigenvalue weighted by molar-refractivity contribution is 0.422. The molecule has 0 aliphatic carbocycles. The molecule has 0 aromatic heterocycles. The number of rotatable bonds is 8. The van der Waals surface area contributed by atoms with E-state index >= 15 is 0 Å². The summed E-state index contributed by atoms with van der Waals surface area (Å²) in [6.45, 7) is 21.1. The Morgan fingerprint density at radius 3 is 1.00 bits per heavy atom. The third kappa shape index (κ3) is 3.14. The van der Waals surface area contributed by atoms with Gasteiger partial charge in [0.1, 0.15) is 0 Å². The summed E-state index contributed by atoms with van der Waals surface area (Å²) < 4.78 is 0. The van der Waals surface area contributed by atoms with E-state index in [1.807, 2.05) is 0 Å². The van der Waals surface area contributed by atoms with Gasteiger partial charge in [0.15, 0.2) is 0 Å². The first kappa shape index (κ1) is 21.1. The zero-order chi connectivity index (χ0) is 19.4. The molecule has 1 heterocycles. The van der Waals surface area contributed by atoms with Crippen LogP contribution in [0, 0.1) is 0 Å². The number of benzene rings is 1. The molecular weight excluding hydrogens is 316 g/mol. The lowest BCUT2D eigenvalue weighted by Crippen LogP contribution is -2.56. The van der Waals surface area contributed by atoms with Gasteiger partial charge in [-0.15, -0.1) is 0 Å². The van der Waals surface area contributed by atoms with Gasteiger partial charge in [0.05, 0.1) is 11.4 Å². The molecule has 1 aliphatic heterocycles. The van der Waals surface area contributed by atoms with Gasteiger partial charge in [-0.25, -0.2) is 0 Å². The minimum atomic E-state index is 0.629. The molecule has 0 saturated heterocycles. The molecule has 0 fully saturated rings. The average molecular weight is 359 g/mol. The molecule has 0 amide bonds. The van der Waals surface area contributed by atoms with Crippen LogP contribution in [0.5, 0.6) is 0 Å². The highest BCUT2D eigenvalue weighted by Gasteiger charge is 2.39. The Balaban J connectivity index is 2.95. The molecule has 2 heteroatoms. The summed E-state index contributed by atoms with van der Waals surface area (Å²) >= 11 is 0. The quantitative estimate of drug-likeness (QED) is 0.549. The maximum Gasteiger partial charge on any atom is 0.0645 e. The van der Waals surface area contributed by atoms with Crippen LogP contribution in [0.1, 0.15) is 90.5 Å². The second-order valence-electron chi connectivity index (χ2n) is 7.55. The lowest BCUT2D eigenvalue weighted by Gasteiger charge is -2.52. The summed E-state index contributed by atoms with van der Waals surface area (Å²) in [4.78, 5) is 5.54. The number of likely N-dealkylation sites (N-methyl/N-ethyl adjacent to an activating group) is 2. The van der Waals surface area contributed by atoms with E-state index < -0.39 is 0 Å². The Kier molecular flexibility index (Phi) is 7.43. The number of hydrogen-bond acceptors (Lipinski definition) is 2. The second kappa shape index (κ2) is 9.15. The second-order valence-corrected chi connectivity index (χ2v) is 7.55. The molecule has 2 unspecified atom stereocenters. The fourth-order valence-electron chi connectivity index (χ4n) is 5.69. The van der Waals surface area contributed by atoms with Crippen molar-refractivity contribution in [2.24, 2.45) is 0 Å². The first-order valence-electron chi connectivity index (χ1n) is 11.3. The molecule has 148 valence electrons. The summed E-state index contributed by atoms with van der Waals surface area (Å²) in [7, 11) is 0. The predicted molar refractivity (Wildman–Crippen MR) is 118 cm³/mol. The van der Waals surface area contributed by atoms with Gasteiger partial charge in [0, 0.05) is 25.2 Å². The minimum absolute atomic E-state index is 0.629. The highest BCUT2D eigenvalue weighted by Crippen LogP contribution is 2.48. The van der Waals surface area contributed by atoms with Gasteiger partial charge in [-0.3, -0.25) is 0 Å². The van der Waals surface area contributed by atoms with Crippen LogP contribution in [0.3, 0.4) is 0 Å². The highest BCUT2D eigenvalue weighted by atomic mass is 15.3. The van der Waals surface area contributed by atoms with Crippen molar-refractivity contribution in [2.75, 3.05) is 22.9 Å². The van der Waals surface area contributed by atoms with E-state index in [2.05, 4.69) is 65.2 Å². The topological polar surface area (TPSA) is 6.48 Å². The molecule has 0 N–H and O–H groups in total. The number of nitrogens with zero attached hydrogens (tertiary/aromatic N) is 2. The van der Waals surface area contributed by atoms with Crippen molar-refractivity contribution < 1.29 is 0 Å². The summed E-state index contributed by atoms with van der Waals surface area (Å²) in [5.74, 6) is 0. The van der Waals surface area contributed by atoms with Crippen molar-refractivity contribution in [3.63, 3.8) is 0 Å². The molecule has 2 atom stereocenters. The Labute approximate surface area is 163 Å². The third-order valence-corrected chi connectivity index (χ3v) is 6.64. The van der Waals surface area contributed by atoms with Crippen LogP contribution in [-0.4, -0.2) is 25.2 Å². The zero-order valence-corrected chi connectivity index (χ0v) is 18.7. The molecule has 2 rings (SSSR count). The molecule has 0 spiro atoms. The van der Waals surface area contributed by atoms with Crippen molar-refractivity contribution in [1.82, 2.24) is 0 Å². The third-order valence-electron chi connectivity index (χ3n) is 6.64. The van der Waals surface area contributed by atoms with E-state index in [9.17, 15) is 0 Å². The maximum absolute atomic E-state index is 2.77. The van der Waals surface area contributed by atoms with Crippen molar-refractivity contribution in [3.8, 4) is 0 Å². The molecule has 1 aliphatic rings. The van der Waals surface area contributed by atoms with Crippen molar-refractivity contribution in [2.45, 2.75) is 106 Å². The van der Waals surface area contributed by atoms with E-state index in [1.165, 1.54) is 12.8 Å². The predicted octanol–water partition coefficient (Wildman–Crippen LogP) is 6.16. The summed E-state index contributed by atoms with van der Waals surface area (Å²) in [6, 6.07) is 1.26. The molecule has 2 nitrogen and oxygen atoms in total. The summed E-state index contributed by atoms with van der Waals surface area (Å²) in [5, 5.41) is 0. The standard InChI is InChI=1S/C24H42N2/c1-9-17-18(10-2)20(12-4)24-23(19(17)11-3)25(15-7)21(13-5)22(14-6)26(24)16-8/h21-22H,9-16H2,1-8H3.